The topological polar surface area (TPSA) is 108 Å². The molecule has 2 aromatic carbocycles. The van der Waals surface area contributed by atoms with Crippen LogP contribution >= 0.6 is 11.6 Å². The Bertz CT molecular complexity index is 1110. The van der Waals surface area contributed by atoms with Crippen LogP contribution in [0.1, 0.15) is 11.1 Å². The molecule has 0 bridgehead atoms. The Labute approximate surface area is 180 Å². The lowest BCUT2D eigenvalue weighted by molar-refractivity contribution is -0.137. The number of sulfonamides is 1. The Kier molecular flexibility index (Phi) is 7.39. The van der Waals surface area contributed by atoms with Crippen molar-refractivity contribution in [3.05, 3.63) is 52.5 Å². The van der Waals surface area contributed by atoms with Gasteiger partial charge in [-0.2, -0.15) is 18.3 Å². The zero-order valence-corrected chi connectivity index (χ0v) is 17.7. The molecular formula is C18H17ClF3N3O5S. The number of alkyl halides is 3. The number of methoxy groups -OCH3 is 1. The van der Waals surface area contributed by atoms with Crippen LogP contribution in [-0.4, -0.2) is 45.6 Å². The summed E-state index contributed by atoms with van der Waals surface area (Å²) in [6, 6.07) is 6.37. The third-order valence-electron chi connectivity index (χ3n) is 3.84. The second kappa shape index (κ2) is 9.43. The number of aromatic hydroxyl groups is 1. The van der Waals surface area contributed by atoms with Gasteiger partial charge in [0.25, 0.3) is 5.91 Å². The Morgan fingerprint density at radius 1 is 1.29 bits per heavy atom. The van der Waals surface area contributed by atoms with Crippen molar-refractivity contribution < 1.29 is 36.2 Å². The molecule has 0 heterocycles. The molecule has 0 radical (unpaired) electrons. The van der Waals surface area contributed by atoms with E-state index in [1.807, 2.05) is 0 Å². The molecule has 0 fully saturated rings. The van der Waals surface area contributed by atoms with E-state index in [0.717, 1.165) is 12.3 Å². The summed E-state index contributed by atoms with van der Waals surface area (Å²) < 4.78 is 68.6. The summed E-state index contributed by atoms with van der Waals surface area (Å²) in [6.45, 7) is -0.865. The van der Waals surface area contributed by atoms with Crippen molar-refractivity contribution in [1.29, 1.82) is 0 Å². The van der Waals surface area contributed by atoms with Gasteiger partial charge in [-0.25, -0.2) is 13.8 Å². The number of rotatable bonds is 7. The van der Waals surface area contributed by atoms with Gasteiger partial charge in [-0.3, -0.25) is 9.10 Å². The largest absolute Gasteiger partial charge is 0.504 e. The van der Waals surface area contributed by atoms with Crippen LogP contribution in [0.5, 0.6) is 11.5 Å². The zero-order valence-electron chi connectivity index (χ0n) is 16.1. The van der Waals surface area contributed by atoms with Gasteiger partial charge in [0.15, 0.2) is 11.5 Å². The number of anilines is 1. The Morgan fingerprint density at radius 3 is 2.55 bits per heavy atom. The van der Waals surface area contributed by atoms with Crippen molar-refractivity contribution >= 4 is 39.4 Å². The summed E-state index contributed by atoms with van der Waals surface area (Å²) >= 11 is 5.89. The van der Waals surface area contributed by atoms with Crippen molar-refractivity contribution in [3.63, 3.8) is 0 Å². The van der Waals surface area contributed by atoms with E-state index in [0.29, 0.717) is 22.0 Å². The van der Waals surface area contributed by atoms with E-state index in [1.54, 1.807) is 0 Å². The third-order valence-corrected chi connectivity index (χ3v) is 5.28. The van der Waals surface area contributed by atoms with Gasteiger partial charge in [-0.05, 0) is 42.0 Å². The number of benzene rings is 2. The molecule has 2 aromatic rings. The van der Waals surface area contributed by atoms with E-state index in [-0.39, 0.29) is 16.5 Å². The van der Waals surface area contributed by atoms with Crippen LogP contribution in [0.4, 0.5) is 18.9 Å². The second-order valence-corrected chi connectivity index (χ2v) is 8.47. The molecule has 2 N–H and O–H groups in total. The van der Waals surface area contributed by atoms with E-state index >= 15 is 0 Å². The smallest absolute Gasteiger partial charge is 0.416 e. The van der Waals surface area contributed by atoms with E-state index in [2.05, 4.69) is 10.5 Å². The molecule has 13 heteroatoms. The van der Waals surface area contributed by atoms with Crippen molar-refractivity contribution in [3.8, 4) is 11.5 Å². The minimum atomic E-state index is -4.74. The molecule has 0 aliphatic rings. The summed E-state index contributed by atoms with van der Waals surface area (Å²) in [5, 5.41) is 12.9. The van der Waals surface area contributed by atoms with Crippen molar-refractivity contribution in [2.45, 2.75) is 6.18 Å². The van der Waals surface area contributed by atoms with Crippen LogP contribution in [0, 0.1) is 0 Å². The summed E-state index contributed by atoms with van der Waals surface area (Å²) in [7, 11) is -2.82. The molecule has 0 atom stereocenters. The first-order chi connectivity index (χ1) is 14.3. The number of hydrazone groups is 1. The number of ether oxygens (including phenoxy) is 1. The molecule has 0 saturated carbocycles. The summed E-state index contributed by atoms with van der Waals surface area (Å²) in [6.07, 6.45) is -2.81. The highest BCUT2D eigenvalue weighted by molar-refractivity contribution is 7.92. The van der Waals surface area contributed by atoms with Crippen molar-refractivity contribution in [2.24, 2.45) is 5.10 Å². The number of hydrogen-bond acceptors (Lipinski definition) is 6. The van der Waals surface area contributed by atoms with E-state index < -0.39 is 39.9 Å². The number of phenolic OH excluding ortho intramolecular Hbond substituents is 1. The van der Waals surface area contributed by atoms with E-state index in [9.17, 15) is 31.5 Å². The molecule has 0 saturated heterocycles. The van der Waals surface area contributed by atoms with Gasteiger partial charge in [0.05, 0.1) is 35.9 Å². The van der Waals surface area contributed by atoms with Gasteiger partial charge >= 0.3 is 6.18 Å². The monoisotopic (exact) mass is 479 g/mol. The van der Waals surface area contributed by atoms with Gasteiger partial charge in [-0.15, -0.1) is 0 Å². The number of carbonyl (C=O) groups is 1. The Morgan fingerprint density at radius 2 is 1.97 bits per heavy atom. The molecule has 168 valence electrons. The first-order valence-electron chi connectivity index (χ1n) is 8.36. The third kappa shape index (κ3) is 6.49. The molecule has 0 unspecified atom stereocenters. The lowest BCUT2D eigenvalue weighted by Gasteiger charge is -2.23. The maximum absolute atomic E-state index is 13.0. The fourth-order valence-corrected chi connectivity index (χ4v) is 3.51. The van der Waals surface area contributed by atoms with E-state index in [4.69, 9.17) is 16.3 Å². The van der Waals surface area contributed by atoms with Crippen LogP contribution in [-0.2, 0) is 21.0 Å². The van der Waals surface area contributed by atoms with Crippen LogP contribution in [0.3, 0.4) is 0 Å². The van der Waals surface area contributed by atoms with E-state index in [1.165, 1.54) is 31.5 Å². The fraction of sp³-hybridized carbons (Fsp3) is 0.222. The number of nitrogens with zero attached hydrogens (tertiary/aromatic N) is 2. The predicted molar refractivity (Wildman–Crippen MR) is 109 cm³/mol. The molecule has 0 spiro atoms. The van der Waals surface area contributed by atoms with Gasteiger partial charge in [0, 0.05) is 0 Å². The normalized spacial score (nSPS) is 12.1. The molecule has 31 heavy (non-hydrogen) atoms. The number of phenols is 1. The number of amides is 1. The van der Waals surface area contributed by atoms with Crippen molar-refractivity contribution in [1.82, 2.24) is 5.43 Å². The zero-order chi connectivity index (χ0) is 23.4. The molecule has 1 amide bonds. The lowest BCUT2D eigenvalue weighted by atomic mass is 10.2. The molecule has 8 nitrogen and oxygen atoms in total. The minimum Gasteiger partial charge on any atom is -0.504 e. The van der Waals surface area contributed by atoms with Crippen LogP contribution in [0.15, 0.2) is 41.5 Å². The lowest BCUT2D eigenvalue weighted by Crippen LogP contribution is -2.39. The average Bonchev–Trinajstić information content (AvgIpc) is 2.66. The first-order valence-corrected chi connectivity index (χ1v) is 10.6. The quantitative estimate of drug-likeness (QED) is 0.469. The van der Waals surface area contributed by atoms with Gasteiger partial charge in [0.1, 0.15) is 6.54 Å². The summed E-state index contributed by atoms with van der Waals surface area (Å²) in [5.74, 6) is -0.871. The standard InChI is InChI=1S/C18H17ClF3N3O5S/c1-30-16-7-11(3-6-15(16)26)9-23-24-17(27)10-25(31(2,28)29)14-8-12(18(20,21)22)4-5-13(14)19/h3-9,26H,10H2,1-2H3,(H,24,27)/b23-9-. The van der Waals surface area contributed by atoms with Crippen LogP contribution in [0.25, 0.3) is 0 Å². The highest BCUT2D eigenvalue weighted by atomic mass is 35.5. The molecule has 0 aliphatic heterocycles. The number of nitrogens with one attached hydrogen (secondary N) is 1. The number of halogens is 4. The maximum atomic E-state index is 13.0. The maximum Gasteiger partial charge on any atom is 0.416 e. The Balaban J connectivity index is 2.22. The van der Waals surface area contributed by atoms with Crippen molar-refractivity contribution in [2.75, 3.05) is 24.2 Å². The summed E-state index contributed by atoms with van der Waals surface area (Å²) in [5.41, 5.74) is 0.893. The minimum absolute atomic E-state index is 0.106. The van der Waals surface area contributed by atoms with Gasteiger partial charge in [-0.1, -0.05) is 11.6 Å². The highest BCUT2D eigenvalue weighted by Crippen LogP contribution is 2.36. The van der Waals surface area contributed by atoms with Crippen LogP contribution in [0.2, 0.25) is 5.02 Å². The molecule has 2 rings (SSSR count). The Hall–Kier alpha value is -2.99. The SMILES string of the molecule is COc1cc(/C=N\NC(=O)CN(c2cc(C(F)(F)F)ccc2Cl)S(C)(=O)=O)ccc1O. The highest BCUT2D eigenvalue weighted by Gasteiger charge is 2.33. The first kappa shape index (κ1) is 24.3. The second-order valence-electron chi connectivity index (χ2n) is 6.16. The van der Waals surface area contributed by atoms with Crippen LogP contribution < -0.4 is 14.5 Å². The molecular weight excluding hydrogens is 463 g/mol. The number of carbonyl (C=O) groups excluding carboxylic acids is 1. The molecule has 0 aliphatic carbocycles. The number of hydrogen-bond donors (Lipinski definition) is 2. The average molecular weight is 480 g/mol. The molecule has 0 aromatic heterocycles. The van der Waals surface area contributed by atoms with Gasteiger partial charge in [0.2, 0.25) is 10.0 Å². The summed E-state index contributed by atoms with van der Waals surface area (Å²) in [4.78, 5) is 12.2. The predicted octanol–water partition coefficient (Wildman–Crippen LogP) is 2.99. The fourth-order valence-electron chi connectivity index (χ4n) is 2.38. The van der Waals surface area contributed by atoms with Gasteiger partial charge < -0.3 is 9.84 Å².